The molecule has 1 saturated carbocycles. The fourth-order valence-corrected chi connectivity index (χ4v) is 4.01. The van der Waals surface area contributed by atoms with Gasteiger partial charge in [0.1, 0.15) is 0 Å². The van der Waals surface area contributed by atoms with Gasteiger partial charge < -0.3 is 10.2 Å². The average molecular weight is 416 g/mol. The highest BCUT2D eigenvalue weighted by Crippen LogP contribution is 2.32. The van der Waals surface area contributed by atoms with Gasteiger partial charge in [-0.2, -0.15) is 0 Å². The second kappa shape index (κ2) is 9.41. The van der Waals surface area contributed by atoms with Crippen molar-refractivity contribution < 1.29 is 13.2 Å². The summed E-state index contributed by atoms with van der Waals surface area (Å²) < 4.78 is 25.6. The van der Waals surface area contributed by atoms with Gasteiger partial charge in [-0.3, -0.25) is 0 Å². The van der Waals surface area contributed by atoms with E-state index in [2.05, 4.69) is 29.1 Å². The molecule has 1 unspecified atom stereocenters. The van der Waals surface area contributed by atoms with Gasteiger partial charge in [0, 0.05) is 13.1 Å². The van der Waals surface area contributed by atoms with Crippen molar-refractivity contribution in [2.75, 3.05) is 13.6 Å². The lowest BCUT2D eigenvalue weighted by Crippen LogP contribution is -2.42. The summed E-state index contributed by atoms with van der Waals surface area (Å²) in [7, 11) is -1.88. The number of benzene rings is 2. The van der Waals surface area contributed by atoms with Crippen LogP contribution in [0.5, 0.6) is 0 Å². The molecule has 6 nitrogen and oxygen atoms in total. The van der Waals surface area contributed by atoms with Gasteiger partial charge in [0.25, 0.3) is 0 Å². The highest BCUT2D eigenvalue weighted by atomic mass is 32.2. The molecule has 29 heavy (non-hydrogen) atoms. The van der Waals surface area contributed by atoms with Crippen LogP contribution in [0.2, 0.25) is 0 Å². The highest BCUT2D eigenvalue weighted by molar-refractivity contribution is 7.88. The quantitative estimate of drug-likeness (QED) is 0.659. The van der Waals surface area contributed by atoms with E-state index >= 15 is 0 Å². The standard InChI is InChI=1S/C22H29N3O3S/c1-17(21-6-4-3-5-7-21)25(15-19-10-11-19)22(26)24-14-18-8-12-20(13-9-18)16-29(27,28)23-2/h3-9,12-13,17,19,23H,10-11,14-16H2,1-2H3,(H,24,26). The van der Waals surface area contributed by atoms with Gasteiger partial charge >= 0.3 is 6.03 Å². The van der Waals surface area contributed by atoms with Crippen molar-refractivity contribution in [3.63, 3.8) is 0 Å². The van der Waals surface area contributed by atoms with Gasteiger partial charge in [-0.25, -0.2) is 17.9 Å². The lowest BCUT2D eigenvalue weighted by molar-refractivity contribution is 0.175. The van der Waals surface area contributed by atoms with E-state index in [1.807, 2.05) is 35.2 Å². The van der Waals surface area contributed by atoms with Gasteiger partial charge in [0.05, 0.1) is 11.8 Å². The predicted molar refractivity (Wildman–Crippen MR) is 115 cm³/mol. The van der Waals surface area contributed by atoms with Crippen LogP contribution in [0, 0.1) is 5.92 Å². The van der Waals surface area contributed by atoms with Crippen LogP contribution in [-0.4, -0.2) is 32.9 Å². The third-order valence-corrected chi connectivity index (χ3v) is 6.63. The molecule has 2 N–H and O–H groups in total. The smallest absolute Gasteiger partial charge is 0.318 e. The van der Waals surface area contributed by atoms with Crippen molar-refractivity contribution in [1.82, 2.24) is 14.9 Å². The summed E-state index contributed by atoms with van der Waals surface area (Å²) in [5.74, 6) is 0.542. The average Bonchev–Trinajstić information content (AvgIpc) is 3.55. The zero-order valence-electron chi connectivity index (χ0n) is 17.0. The highest BCUT2D eigenvalue weighted by Gasteiger charge is 2.30. The minimum absolute atomic E-state index is 0.00549. The van der Waals surface area contributed by atoms with Crippen molar-refractivity contribution in [3.8, 4) is 0 Å². The Balaban J connectivity index is 1.61. The molecule has 1 atom stereocenters. The summed E-state index contributed by atoms with van der Waals surface area (Å²) in [6, 6.07) is 17.3. The molecule has 156 valence electrons. The van der Waals surface area contributed by atoms with E-state index in [-0.39, 0.29) is 17.8 Å². The molecule has 7 heteroatoms. The molecule has 2 aromatic rings. The van der Waals surface area contributed by atoms with Gasteiger partial charge in [0.15, 0.2) is 0 Å². The Labute approximate surface area is 173 Å². The fraction of sp³-hybridized carbons (Fsp3) is 0.409. The van der Waals surface area contributed by atoms with Crippen molar-refractivity contribution in [2.45, 2.75) is 38.1 Å². The lowest BCUT2D eigenvalue weighted by atomic mass is 10.1. The van der Waals surface area contributed by atoms with E-state index in [0.717, 1.165) is 17.7 Å². The second-order valence-corrected chi connectivity index (χ2v) is 9.55. The maximum absolute atomic E-state index is 12.9. The number of sulfonamides is 1. The molecule has 0 heterocycles. The maximum Gasteiger partial charge on any atom is 0.318 e. The van der Waals surface area contributed by atoms with Gasteiger partial charge in [-0.05, 0) is 49.4 Å². The Morgan fingerprint density at radius 1 is 1.07 bits per heavy atom. The Morgan fingerprint density at radius 2 is 1.69 bits per heavy atom. The number of carbonyl (C=O) groups is 1. The number of nitrogens with zero attached hydrogens (tertiary/aromatic N) is 1. The molecule has 0 bridgehead atoms. The van der Waals surface area contributed by atoms with E-state index in [1.54, 1.807) is 12.1 Å². The summed E-state index contributed by atoms with van der Waals surface area (Å²) in [5, 5.41) is 3.02. The van der Waals surface area contributed by atoms with Gasteiger partial charge in [-0.1, -0.05) is 54.6 Å². The van der Waals surface area contributed by atoms with Crippen LogP contribution in [0.4, 0.5) is 4.79 Å². The number of urea groups is 1. The molecule has 1 fully saturated rings. The summed E-state index contributed by atoms with van der Waals surface area (Å²) >= 11 is 0. The third kappa shape index (κ3) is 6.30. The Hall–Kier alpha value is -2.38. The number of nitrogens with one attached hydrogen (secondary N) is 2. The summed E-state index contributed by atoms with van der Waals surface area (Å²) in [4.78, 5) is 14.8. The number of amides is 2. The van der Waals surface area contributed by atoms with Crippen molar-refractivity contribution in [1.29, 1.82) is 0 Å². The number of hydrogen-bond acceptors (Lipinski definition) is 3. The monoisotopic (exact) mass is 415 g/mol. The topological polar surface area (TPSA) is 78.5 Å². The van der Waals surface area contributed by atoms with E-state index in [9.17, 15) is 13.2 Å². The first-order chi connectivity index (χ1) is 13.9. The molecule has 2 amide bonds. The van der Waals surface area contributed by atoms with Crippen LogP contribution in [-0.2, 0) is 22.3 Å². The van der Waals surface area contributed by atoms with E-state index in [1.165, 1.54) is 19.9 Å². The number of carbonyl (C=O) groups excluding carboxylic acids is 1. The first kappa shape index (κ1) is 21.3. The lowest BCUT2D eigenvalue weighted by Gasteiger charge is -2.30. The largest absolute Gasteiger partial charge is 0.334 e. The Morgan fingerprint density at radius 3 is 2.28 bits per heavy atom. The van der Waals surface area contributed by atoms with Gasteiger partial charge in [-0.15, -0.1) is 0 Å². The SMILES string of the molecule is CNS(=O)(=O)Cc1ccc(CNC(=O)N(CC2CC2)C(C)c2ccccc2)cc1. The van der Waals surface area contributed by atoms with Gasteiger partial charge in [0.2, 0.25) is 10.0 Å². The normalized spacial score (nSPS) is 15.0. The molecular weight excluding hydrogens is 386 g/mol. The molecule has 0 spiro atoms. The van der Waals surface area contributed by atoms with Crippen molar-refractivity contribution in [2.24, 2.45) is 5.92 Å². The number of rotatable bonds is 9. The fourth-order valence-electron chi connectivity index (χ4n) is 3.23. The molecule has 0 saturated heterocycles. The van der Waals surface area contributed by atoms with Crippen molar-refractivity contribution >= 4 is 16.1 Å². The summed E-state index contributed by atoms with van der Waals surface area (Å²) in [5.41, 5.74) is 2.77. The van der Waals surface area contributed by atoms with E-state index in [4.69, 9.17) is 0 Å². The Kier molecular flexibility index (Phi) is 6.92. The first-order valence-electron chi connectivity index (χ1n) is 9.96. The van der Waals surface area contributed by atoms with Crippen LogP contribution < -0.4 is 10.0 Å². The molecule has 0 aliphatic heterocycles. The molecule has 3 rings (SSSR count). The molecule has 1 aliphatic carbocycles. The molecular formula is C22H29N3O3S. The molecule has 2 aromatic carbocycles. The summed E-state index contributed by atoms with van der Waals surface area (Å²) in [6.07, 6.45) is 2.37. The molecule has 0 aromatic heterocycles. The van der Waals surface area contributed by atoms with Crippen LogP contribution in [0.3, 0.4) is 0 Å². The molecule has 1 aliphatic rings. The van der Waals surface area contributed by atoms with Crippen LogP contribution in [0.1, 0.15) is 42.5 Å². The zero-order chi connectivity index (χ0) is 20.9. The molecule has 0 radical (unpaired) electrons. The zero-order valence-corrected chi connectivity index (χ0v) is 17.8. The second-order valence-electron chi connectivity index (χ2n) is 7.62. The first-order valence-corrected chi connectivity index (χ1v) is 11.6. The van der Waals surface area contributed by atoms with Crippen LogP contribution in [0.15, 0.2) is 54.6 Å². The van der Waals surface area contributed by atoms with Crippen LogP contribution in [0.25, 0.3) is 0 Å². The van der Waals surface area contributed by atoms with E-state index < -0.39 is 10.0 Å². The maximum atomic E-state index is 12.9. The summed E-state index contributed by atoms with van der Waals surface area (Å²) in [6.45, 7) is 3.23. The third-order valence-electron chi connectivity index (χ3n) is 5.30. The van der Waals surface area contributed by atoms with E-state index in [0.29, 0.717) is 18.0 Å². The predicted octanol–water partition coefficient (Wildman–Crippen LogP) is 3.42. The van der Waals surface area contributed by atoms with Crippen molar-refractivity contribution in [3.05, 3.63) is 71.3 Å². The minimum atomic E-state index is -3.29. The minimum Gasteiger partial charge on any atom is -0.334 e. The number of hydrogen-bond donors (Lipinski definition) is 2. The Bertz CT molecular complexity index is 910. The van der Waals surface area contributed by atoms with Crippen LogP contribution >= 0.6 is 0 Å².